The standard InChI is InChI=1S/C14H8ClN3O3/c15-9-3-4-18-12(6-9)16-13(14(18)17-19)8-1-2-10-11(5-8)21-7-20-10/h1-6H,7H2. The summed E-state index contributed by atoms with van der Waals surface area (Å²) in [5.41, 5.74) is 1.77. The Morgan fingerprint density at radius 1 is 1.19 bits per heavy atom. The van der Waals surface area contributed by atoms with E-state index in [1.165, 1.54) is 0 Å². The summed E-state index contributed by atoms with van der Waals surface area (Å²) in [6, 6.07) is 8.72. The number of rotatable bonds is 2. The molecule has 0 unspecified atom stereocenters. The number of hydrogen-bond donors (Lipinski definition) is 0. The lowest BCUT2D eigenvalue weighted by atomic mass is 10.1. The number of fused-ring (bicyclic) bond motifs is 2. The molecule has 7 heteroatoms. The number of benzene rings is 1. The molecule has 1 aliphatic heterocycles. The summed E-state index contributed by atoms with van der Waals surface area (Å²) in [4.78, 5) is 15.6. The van der Waals surface area contributed by atoms with Crippen molar-refractivity contribution >= 4 is 23.1 Å². The molecule has 3 aromatic rings. The Labute approximate surface area is 123 Å². The van der Waals surface area contributed by atoms with E-state index in [0.717, 1.165) is 5.56 Å². The maximum Gasteiger partial charge on any atom is 0.231 e. The van der Waals surface area contributed by atoms with E-state index in [2.05, 4.69) is 10.2 Å². The van der Waals surface area contributed by atoms with Crippen LogP contribution in [0, 0.1) is 4.91 Å². The molecule has 3 heterocycles. The van der Waals surface area contributed by atoms with E-state index in [-0.39, 0.29) is 12.6 Å². The highest BCUT2D eigenvalue weighted by atomic mass is 35.5. The highest BCUT2D eigenvalue weighted by molar-refractivity contribution is 6.30. The van der Waals surface area contributed by atoms with E-state index in [1.807, 2.05) is 6.07 Å². The predicted molar refractivity (Wildman–Crippen MR) is 77.2 cm³/mol. The fourth-order valence-corrected chi connectivity index (χ4v) is 2.49. The van der Waals surface area contributed by atoms with Gasteiger partial charge in [0.1, 0.15) is 11.3 Å². The van der Waals surface area contributed by atoms with Crippen molar-refractivity contribution in [2.24, 2.45) is 5.18 Å². The van der Waals surface area contributed by atoms with Crippen molar-refractivity contribution in [2.75, 3.05) is 6.79 Å². The van der Waals surface area contributed by atoms with E-state index in [0.29, 0.717) is 27.9 Å². The highest BCUT2D eigenvalue weighted by Gasteiger charge is 2.19. The number of imidazole rings is 1. The second-order valence-electron chi connectivity index (χ2n) is 4.52. The van der Waals surface area contributed by atoms with Gasteiger partial charge in [-0.3, -0.25) is 4.40 Å². The molecule has 0 amide bonds. The molecule has 0 fully saturated rings. The first kappa shape index (κ1) is 12.2. The van der Waals surface area contributed by atoms with Crippen LogP contribution in [0.4, 0.5) is 5.82 Å². The zero-order chi connectivity index (χ0) is 14.4. The quantitative estimate of drug-likeness (QED) is 0.676. The number of nitrogens with zero attached hydrogens (tertiary/aromatic N) is 3. The number of halogens is 1. The van der Waals surface area contributed by atoms with Crippen LogP contribution >= 0.6 is 11.6 Å². The molecule has 0 aliphatic carbocycles. The van der Waals surface area contributed by atoms with Crippen molar-refractivity contribution in [3.8, 4) is 22.8 Å². The van der Waals surface area contributed by atoms with E-state index >= 15 is 0 Å². The summed E-state index contributed by atoms with van der Waals surface area (Å²) in [6.07, 6.45) is 1.66. The second-order valence-corrected chi connectivity index (χ2v) is 4.95. The monoisotopic (exact) mass is 301 g/mol. The van der Waals surface area contributed by atoms with Gasteiger partial charge in [0.15, 0.2) is 11.5 Å². The Kier molecular flexibility index (Phi) is 2.58. The first-order chi connectivity index (χ1) is 10.3. The molecule has 0 saturated carbocycles. The molecule has 1 aliphatic rings. The molecule has 1 aromatic carbocycles. The van der Waals surface area contributed by atoms with Crippen molar-refractivity contribution < 1.29 is 9.47 Å². The summed E-state index contributed by atoms with van der Waals surface area (Å²) in [5, 5.41) is 3.64. The Balaban J connectivity index is 1.95. The van der Waals surface area contributed by atoms with Crippen molar-refractivity contribution in [3.63, 3.8) is 0 Å². The number of pyridine rings is 1. The Morgan fingerprint density at radius 2 is 2.05 bits per heavy atom. The third kappa shape index (κ3) is 1.84. The molecule has 6 nitrogen and oxygen atoms in total. The number of aromatic nitrogens is 2. The number of ether oxygens (including phenoxy) is 2. The molecule has 0 N–H and O–H groups in total. The van der Waals surface area contributed by atoms with Crippen molar-refractivity contribution in [1.29, 1.82) is 0 Å². The lowest BCUT2D eigenvalue weighted by molar-refractivity contribution is 0.174. The van der Waals surface area contributed by atoms with Crippen LogP contribution in [0.2, 0.25) is 5.02 Å². The summed E-state index contributed by atoms with van der Waals surface area (Å²) in [7, 11) is 0. The fourth-order valence-electron chi connectivity index (χ4n) is 2.33. The number of hydrogen-bond acceptors (Lipinski definition) is 5. The van der Waals surface area contributed by atoms with Crippen LogP contribution in [0.3, 0.4) is 0 Å². The largest absolute Gasteiger partial charge is 0.454 e. The van der Waals surface area contributed by atoms with Crippen LogP contribution in [0.1, 0.15) is 0 Å². The molecule has 21 heavy (non-hydrogen) atoms. The second kappa shape index (κ2) is 4.46. The minimum Gasteiger partial charge on any atom is -0.454 e. The van der Waals surface area contributed by atoms with Gasteiger partial charge in [-0.25, -0.2) is 4.98 Å². The molecule has 0 saturated heterocycles. The molecular weight excluding hydrogens is 294 g/mol. The maximum atomic E-state index is 11.2. The lowest BCUT2D eigenvalue weighted by Crippen LogP contribution is -1.92. The topological polar surface area (TPSA) is 65.2 Å². The third-order valence-electron chi connectivity index (χ3n) is 3.30. The zero-order valence-corrected chi connectivity index (χ0v) is 11.4. The zero-order valence-electron chi connectivity index (χ0n) is 10.6. The van der Waals surface area contributed by atoms with Crippen LogP contribution in [-0.2, 0) is 0 Å². The molecule has 0 atom stereocenters. The molecule has 0 radical (unpaired) electrons. The van der Waals surface area contributed by atoms with Crippen LogP contribution in [-0.4, -0.2) is 16.2 Å². The van der Waals surface area contributed by atoms with Gasteiger partial charge >= 0.3 is 0 Å². The molecule has 0 bridgehead atoms. The summed E-state index contributed by atoms with van der Waals surface area (Å²) in [6.45, 7) is 0.193. The van der Waals surface area contributed by atoms with Gasteiger partial charge in [-0.15, -0.1) is 4.91 Å². The van der Waals surface area contributed by atoms with Gasteiger partial charge in [0.2, 0.25) is 12.6 Å². The van der Waals surface area contributed by atoms with Crippen LogP contribution < -0.4 is 9.47 Å². The summed E-state index contributed by atoms with van der Waals surface area (Å²) in [5.74, 6) is 1.52. The SMILES string of the molecule is O=Nc1c(-c2ccc3c(c2)OCO3)nc2cc(Cl)ccn12. The van der Waals surface area contributed by atoms with Gasteiger partial charge in [0.05, 0.1) is 0 Å². The molecule has 104 valence electrons. The smallest absolute Gasteiger partial charge is 0.231 e. The predicted octanol–water partition coefficient (Wildman–Crippen LogP) is 3.78. The molecule has 4 rings (SSSR count). The van der Waals surface area contributed by atoms with Gasteiger partial charge < -0.3 is 9.47 Å². The average Bonchev–Trinajstić information content (AvgIpc) is 3.09. The first-order valence-electron chi connectivity index (χ1n) is 6.17. The Morgan fingerprint density at radius 3 is 2.90 bits per heavy atom. The average molecular weight is 302 g/mol. The number of nitroso groups, excluding NO2 is 1. The van der Waals surface area contributed by atoms with E-state index in [4.69, 9.17) is 21.1 Å². The van der Waals surface area contributed by atoms with Gasteiger partial charge in [-0.1, -0.05) is 11.6 Å². The fraction of sp³-hybridized carbons (Fsp3) is 0.0714. The van der Waals surface area contributed by atoms with Crippen LogP contribution in [0.5, 0.6) is 11.5 Å². The normalized spacial score (nSPS) is 12.8. The van der Waals surface area contributed by atoms with E-state index in [9.17, 15) is 4.91 Å². The van der Waals surface area contributed by atoms with Gasteiger partial charge in [0, 0.05) is 22.8 Å². The molecular formula is C14H8ClN3O3. The lowest BCUT2D eigenvalue weighted by Gasteiger charge is -2.00. The van der Waals surface area contributed by atoms with Gasteiger partial charge in [-0.2, -0.15) is 0 Å². The van der Waals surface area contributed by atoms with Crippen molar-refractivity contribution in [2.45, 2.75) is 0 Å². The van der Waals surface area contributed by atoms with E-state index < -0.39 is 0 Å². The minimum absolute atomic E-state index is 0.193. The van der Waals surface area contributed by atoms with Crippen molar-refractivity contribution in [3.05, 3.63) is 46.5 Å². The van der Waals surface area contributed by atoms with Crippen LogP contribution in [0.25, 0.3) is 16.9 Å². The maximum absolute atomic E-state index is 11.2. The minimum atomic E-state index is 0.193. The Bertz CT molecular complexity index is 875. The van der Waals surface area contributed by atoms with Gasteiger partial charge in [0.25, 0.3) is 0 Å². The first-order valence-corrected chi connectivity index (χ1v) is 6.55. The molecule has 0 spiro atoms. The van der Waals surface area contributed by atoms with E-state index in [1.54, 1.807) is 34.9 Å². The third-order valence-corrected chi connectivity index (χ3v) is 3.53. The Hall–Kier alpha value is -2.60. The molecule has 2 aromatic heterocycles. The highest BCUT2D eigenvalue weighted by Crippen LogP contribution is 2.38. The van der Waals surface area contributed by atoms with Gasteiger partial charge in [-0.05, 0) is 29.4 Å². The summed E-state index contributed by atoms with van der Waals surface area (Å²) >= 11 is 5.95. The van der Waals surface area contributed by atoms with Crippen molar-refractivity contribution in [1.82, 2.24) is 9.38 Å². The van der Waals surface area contributed by atoms with Crippen LogP contribution in [0.15, 0.2) is 41.7 Å². The summed E-state index contributed by atoms with van der Waals surface area (Å²) < 4.78 is 12.2.